The van der Waals surface area contributed by atoms with E-state index in [9.17, 15) is 17.6 Å². The zero-order valence-electron chi connectivity index (χ0n) is 21.8. The van der Waals surface area contributed by atoms with Crippen LogP contribution in [0.15, 0.2) is 39.8 Å². The van der Waals surface area contributed by atoms with Gasteiger partial charge in [-0.05, 0) is 94.0 Å². The number of anilines is 1. The fourth-order valence-corrected chi connectivity index (χ4v) is 6.69. The SMILES string of the molecule is Cc1cc(C)c(/C=C/c2onc(C)c2S(=O)(=O)N2CCC[C@H](C(=O)Nc3ccc(F)cc3C)C2)c(C)c1. The van der Waals surface area contributed by atoms with E-state index >= 15 is 0 Å². The summed E-state index contributed by atoms with van der Waals surface area (Å²) in [6.45, 7) is 9.70. The summed E-state index contributed by atoms with van der Waals surface area (Å²) in [5.74, 6) is -1.05. The van der Waals surface area contributed by atoms with Crippen LogP contribution in [-0.2, 0) is 14.8 Å². The van der Waals surface area contributed by atoms with Crippen LogP contribution in [0.4, 0.5) is 10.1 Å². The predicted molar refractivity (Wildman–Crippen MR) is 142 cm³/mol. The molecule has 1 saturated heterocycles. The van der Waals surface area contributed by atoms with Gasteiger partial charge in [0.25, 0.3) is 0 Å². The van der Waals surface area contributed by atoms with Crippen LogP contribution in [-0.4, -0.2) is 36.9 Å². The third-order valence-electron chi connectivity index (χ3n) is 6.77. The highest BCUT2D eigenvalue weighted by Crippen LogP contribution is 2.30. The van der Waals surface area contributed by atoms with E-state index in [0.29, 0.717) is 30.6 Å². The number of amides is 1. The number of rotatable bonds is 6. The van der Waals surface area contributed by atoms with Crippen LogP contribution in [0.25, 0.3) is 12.2 Å². The maximum atomic E-state index is 13.7. The summed E-state index contributed by atoms with van der Waals surface area (Å²) in [4.78, 5) is 13.0. The summed E-state index contributed by atoms with van der Waals surface area (Å²) in [6.07, 6.45) is 4.58. The van der Waals surface area contributed by atoms with Crippen molar-refractivity contribution in [1.82, 2.24) is 9.46 Å². The fourth-order valence-electron chi connectivity index (χ4n) is 4.92. The second-order valence-electron chi connectivity index (χ2n) is 9.76. The van der Waals surface area contributed by atoms with Gasteiger partial charge in [0.15, 0.2) is 10.7 Å². The molecular formula is C28H32FN3O4S. The number of aryl methyl sites for hydroxylation is 5. The largest absolute Gasteiger partial charge is 0.355 e. The molecule has 37 heavy (non-hydrogen) atoms. The first-order valence-electron chi connectivity index (χ1n) is 12.3. The maximum Gasteiger partial charge on any atom is 0.248 e. The van der Waals surface area contributed by atoms with Crippen molar-refractivity contribution in [2.24, 2.45) is 5.92 Å². The van der Waals surface area contributed by atoms with E-state index in [0.717, 1.165) is 22.3 Å². The molecular weight excluding hydrogens is 493 g/mol. The molecule has 1 aliphatic heterocycles. The molecule has 9 heteroatoms. The summed E-state index contributed by atoms with van der Waals surface area (Å²) in [5.41, 5.74) is 5.69. The lowest BCUT2D eigenvalue weighted by Gasteiger charge is -2.31. The second-order valence-corrected chi connectivity index (χ2v) is 11.6. The smallest absolute Gasteiger partial charge is 0.248 e. The third kappa shape index (κ3) is 5.67. The molecule has 1 fully saturated rings. The van der Waals surface area contributed by atoms with Crippen molar-refractivity contribution >= 4 is 33.8 Å². The molecule has 2 heterocycles. The lowest BCUT2D eigenvalue weighted by molar-refractivity contribution is -0.120. The molecule has 1 atom stereocenters. The molecule has 1 amide bonds. The topological polar surface area (TPSA) is 92.5 Å². The second kappa shape index (κ2) is 10.6. The Morgan fingerprint density at radius 1 is 1.08 bits per heavy atom. The Morgan fingerprint density at radius 3 is 2.46 bits per heavy atom. The Hall–Kier alpha value is -3.30. The van der Waals surface area contributed by atoms with Gasteiger partial charge in [0, 0.05) is 18.8 Å². The minimum absolute atomic E-state index is 0.0154. The Balaban J connectivity index is 1.56. The summed E-state index contributed by atoms with van der Waals surface area (Å²) in [7, 11) is -3.97. The monoisotopic (exact) mass is 525 g/mol. The molecule has 0 radical (unpaired) electrons. The number of hydrogen-bond donors (Lipinski definition) is 1. The third-order valence-corrected chi connectivity index (χ3v) is 8.80. The molecule has 0 saturated carbocycles. The Morgan fingerprint density at radius 2 is 1.78 bits per heavy atom. The number of hydrogen-bond acceptors (Lipinski definition) is 5. The van der Waals surface area contributed by atoms with Crippen LogP contribution in [0, 0.1) is 46.4 Å². The van der Waals surface area contributed by atoms with Crippen molar-refractivity contribution in [3.8, 4) is 0 Å². The zero-order valence-corrected chi connectivity index (χ0v) is 22.6. The summed E-state index contributed by atoms with van der Waals surface area (Å²) >= 11 is 0. The molecule has 4 rings (SSSR count). The number of sulfonamides is 1. The zero-order chi connectivity index (χ0) is 26.9. The quantitative estimate of drug-likeness (QED) is 0.455. The molecule has 2 aromatic carbocycles. The van der Waals surface area contributed by atoms with Crippen LogP contribution in [0.1, 0.15) is 52.1 Å². The van der Waals surface area contributed by atoms with E-state index in [1.165, 1.54) is 22.5 Å². The van der Waals surface area contributed by atoms with Crippen molar-refractivity contribution in [2.75, 3.05) is 18.4 Å². The van der Waals surface area contributed by atoms with Crippen LogP contribution in [0.5, 0.6) is 0 Å². The van der Waals surface area contributed by atoms with E-state index in [2.05, 4.69) is 22.6 Å². The normalized spacial score (nSPS) is 16.9. The first kappa shape index (κ1) is 26.8. The average molecular weight is 526 g/mol. The number of carbonyl (C=O) groups is 1. The summed E-state index contributed by atoms with van der Waals surface area (Å²) < 4.78 is 47.6. The van der Waals surface area contributed by atoms with Crippen LogP contribution < -0.4 is 5.32 Å². The maximum absolute atomic E-state index is 13.7. The van der Waals surface area contributed by atoms with E-state index in [1.54, 1.807) is 19.9 Å². The molecule has 0 unspecified atom stereocenters. The molecule has 0 aliphatic carbocycles. The predicted octanol–water partition coefficient (Wildman–Crippen LogP) is 5.57. The highest BCUT2D eigenvalue weighted by Gasteiger charge is 2.37. The Bertz CT molecular complexity index is 1450. The van der Waals surface area contributed by atoms with Crippen LogP contribution >= 0.6 is 0 Å². The first-order chi connectivity index (χ1) is 17.5. The molecule has 196 valence electrons. The van der Waals surface area contributed by atoms with Gasteiger partial charge in [0.2, 0.25) is 15.9 Å². The minimum atomic E-state index is -3.97. The summed E-state index contributed by atoms with van der Waals surface area (Å²) in [6, 6.07) is 8.28. The van der Waals surface area contributed by atoms with E-state index in [1.807, 2.05) is 26.8 Å². The number of aromatic nitrogens is 1. The molecule has 1 aliphatic rings. The number of nitrogens with zero attached hydrogens (tertiary/aromatic N) is 2. The van der Waals surface area contributed by atoms with Gasteiger partial charge in [-0.3, -0.25) is 4.79 Å². The number of piperidine rings is 1. The summed E-state index contributed by atoms with van der Waals surface area (Å²) in [5, 5.41) is 6.75. The highest BCUT2D eigenvalue weighted by molar-refractivity contribution is 7.89. The lowest BCUT2D eigenvalue weighted by atomic mass is 9.98. The van der Waals surface area contributed by atoms with Gasteiger partial charge in [0.05, 0.1) is 5.92 Å². The van der Waals surface area contributed by atoms with E-state index in [4.69, 9.17) is 4.52 Å². The van der Waals surface area contributed by atoms with Gasteiger partial charge >= 0.3 is 0 Å². The Labute approximate surface area is 217 Å². The average Bonchev–Trinajstić information content (AvgIpc) is 3.21. The van der Waals surface area contributed by atoms with Crippen molar-refractivity contribution in [2.45, 2.75) is 52.4 Å². The standard InChI is InChI=1S/C28H32FN3O4S/c1-17-13-18(2)24(19(3)14-17)9-11-26-27(21(5)31-36-26)37(34,35)32-12-6-7-22(16-32)28(33)30-25-10-8-23(29)15-20(25)4/h8-11,13-15,22H,6-7,12,16H2,1-5H3,(H,30,33)/b11-9+/t22-/m0/s1. The molecule has 7 nitrogen and oxygen atoms in total. The van der Waals surface area contributed by atoms with Crippen molar-refractivity contribution < 1.29 is 22.1 Å². The first-order valence-corrected chi connectivity index (χ1v) is 13.7. The highest BCUT2D eigenvalue weighted by atomic mass is 32.2. The number of benzene rings is 2. The van der Waals surface area contributed by atoms with Crippen molar-refractivity contribution in [3.63, 3.8) is 0 Å². The van der Waals surface area contributed by atoms with Crippen molar-refractivity contribution in [1.29, 1.82) is 0 Å². The molecule has 3 aromatic rings. The minimum Gasteiger partial charge on any atom is -0.355 e. The van der Waals surface area contributed by atoms with Gasteiger partial charge in [-0.25, -0.2) is 12.8 Å². The molecule has 0 bridgehead atoms. The Kier molecular flexibility index (Phi) is 7.66. The van der Waals surface area contributed by atoms with Gasteiger partial charge in [-0.15, -0.1) is 0 Å². The fraction of sp³-hybridized carbons (Fsp3) is 0.357. The van der Waals surface area contributed by atoms with Gasteiger partial charge in [0.1, 0.15) is 11.5 Å². The molecule has 0 spiro atoms. The van der Waals surface area contributed by atoms with Crippen molar-refractivity contribution in [3.05, 3.63) is 75.4 Å². The van der Waals surface area contributed by atoms with Crippen LogP contribution in [0.3, 0.4) is 0 Å². The van der Waals surface area contributed by atoms with Gasteiger partial charge in [-0.2, -0.15) is 4.31 Å². The van der Waals surface area contributed by atoms with E-state index < -0.39 is 15.9 Å². The number of nitrogens with one attached hydrogen (secondary N) is 1. The lowest BCUT2D eigenvalue weighted by Crippen LogP contribution is -2.44. The molecule has 1 N–H and O–H groups in total. The number of carbonyl (C=O) groups excluding carboxylic acids is 1. The number of halogens is 1. The van der Waals surface area contributed by atoms with E-state index in [-0.39, 0.29) is 34.6 Å². The van der Waals surface area contributed by atoms with Crippen LogP contribution in [0.2, 0.25) is 0 Å². The molecule has 1 aromatic heterocycles. The van der Waals surface area contributed by atoms with Gasteiger partial charge < -0.3 is 9.84 Å². The van der Waals surface area contributed by atoms with Gasteiger partial charge in [-0.1, -0.05) is 28.9 Å².